The molecule has 0 atom stereocenters. The second kappa shape index (κ2) is 1.60. The lowest BCUT2D eigenvalue weighted by Gasteiger charge is -1.90. The Morgan fingerprint density at radius 2 is 2.44 bits per heavy atom. The molecular formula is C5H8N4. The summed E-state index contributed by atoms with van der Waals surface area (Å²) in [7, 11) is 0. The fraction of sp³-hybridized carbons (Fsp3) is 0. The zero-order chi connectivity index (χ0) is 6.10. The number of nitrogens with zero attached hydrogens (tertiary/aromatic N) is 1. The lowest BCUT2D eigenvalue weighted by atomic mass is 10.4. The summed E-state index contributed by atoms with van der Waals surface area (Å²) in [5.74, 6) is 0.845. The van der Waals surface area contributed by atoms with Crippen molar-refractivity contribution < 1.29 is 1.43 Å². The monoisotopic (exact) mass is 124 g/mol. The Labute approximate surface area is 53.7 Å². The summed E-state index contributed by atoms with van der Waals surface area (Å²) >= 11 is 0. The van der Waals surface area contributed by atoms with E-state index in [-0.39, 0.29) is 1.43 Å². The Morgan fingerprint density at radius 3 is 3.33 bits per heavy atom. The minimum Gasteiger partial charge on any atom is -0.300 e. The fourth-order valence-electron chi connectivity index (χ4n) is 0.764. The highest BCUT2D eigenvalue weighted by molar-refractivity contribution is 5.66. The van der Waals surface area contributed by atoms with Crippen LogP contribution in [0.3, 0.4) is 0 Å². The van der Waals surface area contributed by atoms with Gasteiger partial charge in [0.15, 0.2) is 5.82 Å². The predicted molar refractivity (Wildman–Crippen MR) is 36.7 cm³/mol. The van der Waals surface area contributed by atoms with E-state index >= 15 is 0 Å². The van der Waals surface area contributed by atoms with Crippen LogP contribution in [0.25, 0.3) is 0 Å². The first-order valence-corrected chi connectivity index (χ1v) is 2.69. The fourth-order valence-corrected chi connectivity index (χ4v) is 0.764. The number of hydrogen-bond acceptors (Lipinski definition) is 4. The number of hydrogen-bond donors (Lipinski definition) is 3. The van der Waals surface area contributed by atoms with E-state index in [0.717, 1.165) is 11.5 Å². The molecule has 0 saturated heterocycles. The van der Waals surface area contributed by atoms with Crippen LogP contribution in [0.15, 0.2) is 18.3 Å². The maximum Gasteiger partial charge on any atom is 0.166 e. The van der Waals surface area contributed by atoms with Crippen molar-refractivity contribution in [2.45, 2.75) is 0 Å². The first-order chi connectivity index (χ1) is 4.47. The molecule has 4 nitrogen and oxygen atoms in total. The molecule has 1 aromatic heterocycles. The van der Waals surface area contributed by atoms with E-state index in [9.17, 15) is 0 Å². The van der Waals surface area contributed by atoms with Crippen molar-refractivity contribution in [3.8, 4) is 0 Å². The van der Waals surface area contributed by atoms with Crippen LogP contribution in [0.2, 0.25) is 0 Å². The van der Waals surface area contributed by atoms with Crippen LogP contribution in [0.4, 0.5) is 11.5 Å². The summed E-state index contributed by atoms with van der Waals surface area (Å²) in [6.45, 7) is 0. The third-order valence-corrected chi connectivity index (χ3v) is 1.19. The van der Waals surface area contributed by atoms with Gasteiger partial charge < -0.3 is 5.43 Å². The third-order valence-electron chi connectivity index (χ3n) is 1.19. The van der Waals surface area contributed by atoms with Gasteiger partial charge in [-0.3, -0.25) is 5.43 Å². The van der Waals surface area contributed by atoms with E-state index in [0.29, 0.717) is 0 Å². The Morgan fingerprint density at radius 1 is 1.44 bits per heavy atom. The van der Waals surface area contributed by atoms with Gasteiger partial charge in [0.05, 0.1) is 5.69 Å². The summed E-state index contributed by atoms with van der Waals surface area (Å²) in [5, 5.41) is 0. The van der Waals surface area contributed by atoms with Gasteiger partial charge in [-0.2, -0.15) is 0 Å². The summed E-state index contributed by atoms with van der Waals surface area (Å²) in [4.78, 5) is 4.02. The van der Waals surface area contributed by atoms with Crippen LogP contribution in [0, 0.1) is 0 Å². The lowest BCUT2D eigenvalue weighted by Crippen LogP contribution is -2.19. The zero-order valence-electron chi connectivity index (χ0n) is 4.68. The summed E-state index contributed by atoms with van der Waals surface area (Å²) in [5.41, 5.74) is 9.41. The van der Waals surface area contributed by atoms with Crippen LogP contribution in [0.5, 0.6) is 0 Å². The van der Waals surface area contributed by atoms with Crippen molar-refractivity contribution in [2.24, 2.45) is 0 Å². The molecule has 48 valence electrons. The number of nitrogens with one attached hydrogen (secondary N) is 3. The van der Waals surface area contributed by atoms with Crippen molar-refractivity contribution in [2.75, 3.05) is 10.9 Å². The highest BCUT2D eigenvalue weighted by Gasteiger charge is 2.05. The Balaban J connectivity index is 0.000000500. The molecule has 0 aromatic carbocycles. The molecule has 0 spiro atoms. The van der Waals surface area contributed by atoms with Gasteiger partial charge in [-0.05, 0) is 12.1 Å². The maximum atomic E-state index is 4.02. The number of pyridine rings is 1. The van der Waals surface area contributed by atoms with Crippen molar-refractivity contribution in [3.05, 3.63) is 18.3 Å². The van der Waals surface area contributed by atoms with Crippen LogP contribution in [0.1, 0.15) is 1.43 Å². The Hall–Kier alpha value is -1.29. The molecule has 0 bridgehead atoms. The molecule has 0 radical (unpaired) electrons. The van der Waals surface area contributed by atoms with E-state index in [4.69, 9.17) is 0 Å². The molecular weight excluding hydrogens is 116 g/mol. The predicted octanol–water partition coefficient (Wildman–Crippen LogP) is 0.585. The van der Waals surface area contributed by atoms with Crippen molar-refractivity contribution in [1.29, 1.82) is 0 Å². The summed E-state index contributed by atoms with van der Waals surface area (Å²) in [6.07, 6.45) is 1.74. The van der Waals surface area contributed by atoms with Crippen molar-refractivity contribution in [1.82, 2.24) is 10.5 Å². The van der Waals surface area contributed by atoms with Gasteiger partial charge in [0.2, 0.25) is 0 Å². The minimum atomic E-state index is 0. The van der Waals surface area contributed by atoms with Gasteiger partial charge in [-0.25, -0.2) is 4.98 Å². The molecule has 9 heavy (non-hydrogen) atoms. The number of anilines is 2. The Bertz CT molecular complexity index is 204. The van der Waals surface area contributed by atoms with Crippen LogP contribution < -0.4 is 16.4 Å². The van der Waals surface area contributed by atoms with Crippen LogP contribution in [-0.4, -0.2) is 4.98 Å². The quantitative estimate of drug-likeness (QED) is 0.473. The first-order valence-electron chi connectivity index (χ1n) is 2.69. The SMILES string of the molecule is [HH].c1cnc2c(c1)NNN2. The van der Waals surface area contributed by atoms with Gasteiger partial charge in [0, 0.05) is 7.62 Å². The molecule has 0 saturated carbocycles. The average Bonchev–Trinajstić information content (AvgIpc) is 2.33. The van der Waals surface area contributed by atoms with Crippen LogP contribution >= 0.6 is 0 Å². The van der Waals surface area contributed by atoms with Gasteiger partial charge in [-0.15, -0.1) is 5.53 Å². The molecule has 2 rings (SSSR count). The van der Waals surface area contributed by atoms with E-state index in [1.807, 2.05) is 12.1 Å². The molecule has 3 N–H and O–H groups in total. The smallest absolute Gasteiger partial charge is 0.166 e. The third kappa shape index (κ3) is 0.603. The molecule has 2 heterocycles. The summed E-state index contributed by atoms with van der Waals surface area (Å²) < 4.78 is 0. The normalized spacial score (nSPS) is 13.8. The van der Waals surface area contributed by atoms with Gasteiger partial charge in [0.25, 0.3) is 0 Å². The zero-order valence-corrected chi connectivity index (χ0v) is 4.68. The number of fused-ring (bicyclic) bond motifs is 1. The molecule has 4 heteroatoms. The average molecular weight is 124 g/mol. The Kier molecular flexibility index (Phi) is 0.811. The van der Waals surface area contributed by atoms with Crippen molar-refractivity contribution >= 4 is 11.5 Å². The molecule has 1 aliphatic heterocycles. The van der Waals surface area contributed by atoms with Gasteiger partial charge in [-0.1, -0.05) is 0 Å². The standard InChI is InChI=1S/C5H6N4.H2/c1-2-4-5(6-3-1)8-9-7-4;/h1-3,7,9H,(H,6,8);1H. The van der Waals surface area contributed by atoms with E-state index in [1.54, 1.807) is 6.20 Å². The summed E-state index contributed by atoms with van der Waals surface area (Å²) in [6, 6.07) is 3.82. The first kappa shape index (κ1) is 4.58. The van der Waals surface area contributed by atoms with Gasteiger partial charge in [0.1, 0.15) is 0 Å². The largest absolute Gasteiger partial charge is 0.300 e. The second-order valence-corrected chi connectivity index (χ2v) is 1.77. The minimum absolute atomic E-state index is 0. The molecule has 1 aliphatic rings. The molecule has 0 fully saturated rings. The van der Waals surface area contributed by atoms with Crippen molar-refractivity contribution in [3.63, 3.8) is 0 Å². The topological polar surface area (TPSA) is 49.0 Å². The highest BCUT2D eigenvalue weighted by atomic mass is 15.6. The maximum absolute atomic E-state index is 4.02. The second-order valence-electron chi connectivity index (χ2n) is 1.77. The number of hydrazine groups is 2. The molecule has 0 aliphatic carbocycles. The highest BCUT2D eigenvalue weighted by Crippen LogP contribution is 2.18. The van der Waals surface area contributed by atoms with Gasteiger partial charge >= 0.3 is 0 Å². The van der Waals surface area contributed by atoms with E-state index < -0.39 is 0 Å². The molecule has 0 unspecified atom stereocenters. The van der Waals surface area contributed by atoms with E-state index in [1.165, 1.54) is 0 Å². The number of rotatable bonds is 0. The van der Waals surface area contributed by atoms with Crippen LogP contribution in [-0.2, 0) is 0 Å². The lowest BCUT2D eigenvalue weighted by molar-refractivity contribution is 0.999. The molecule has 0 amide bonds. The number of aromatic nitrogens is 1. The molecule has 1 aromatic rings. The van der Waals surface area contributed by atoms with E-state index in [2.05, 4.69) is 21.4 Å².